The molecule has 0 aliphatic rings. The van der Waals surface area contributed by atoms with Gasteiger partial charge in [-0.25, -0.2) is 0 Å². The Kier molecular flexibility index (Phi) is 2.95. The molecule has 8 nitrogen and oxygen atoms in total. The highest BCUT2D eigenvalue weighted by atomic mass is 35.5. The van der Waals surface area contributed by atoms with Crippen LogP contribution in [0.3, 0.4) is 0 Å². The first-order chi connectivity index (χ1) is 8.84. The fourth-order valence-corrected chi connectivity index (χ4v) is 2.06. The van der Waals surface area contributed by atoms with Crippen LogP contribution in [-0.2, 0) is 7.05 Å². The van der Waals surface area contributed by atoms with Gasteiger partial charge in [0.05, 0.1) is 15.4 Å². The first-order valence-corrected chi connectivity index (χ1v) is 5.33. The summed E-state index contributed by atoms with van der Waals surface area (Å²) in [5.74, 6) is 0. The van der Waals surface area contributed by atoms with Gasteiger partial charge in [-0.1, -0.05) is 11.6 Å². The van der Waals surface area contributed by atoms with E-state index in [-0.39, 0.29) is 16.6 Å². The molecular formula is C10H6ClN3O5. The van der Waals surface area contributed by atoms with Gasteiger partial charge in [0.1, 0.15) is 5.02 Å². The SMILES string of the molecule is Cn1c(=O)c([N+](=O)[O-])c(Cl)c2cc([N+](=O)[O-])ccc21. The zero-order valence-corrected chi connectivity index (χ0v) is 10.2. The average molecular weight is 284 g/mol. The fourth-order valence-electron chi connectivity index (χ4n) is 1.75. The van der Waals surface area contributed by atoms with Crippen molar-refractivity contribution in [1.82, 2.24) is 4.57 Å². The van der Waals surface area contributed by atoms with Gasteiger partial charge in [-0.2, -0.15) is 0 Å². The van der Waals surface area contributed by atoms with Gasteiger partial charge in [0.2, 0.25) is 0 Å². The number of hydrogen-bond donors (Lipinski definition) is 0. The van der Waals surface area contributed by atoms with Gasteiger partial charge in [0, 0.05) is 24.6 Å². The lowest BCUT2D eigenvalue weighted by molar-refractivity contribution is -0.386. The van der Waals surface area contributed by atoms with Crippen molar-refractivity contribution in [2.75, 3.05) is 0 Å². The molecule has 9 heteroatoms. The van der Waals surface area contributed by atoms with E-state index in [1.165, 1.54) is 19.2 Å². The third-order valence-electron chi connectivity index (χ3n) is 2.69. The molecule has 0 spiro atoms. The lowest BCUT2D eigenvalue weighted by Crippen LogP contribution is -2.20. The molecule has 0 fully saturated rings. The largest absolute Gasteiger partial charge is 0.353 e. The predicted molar refractivity (Wildman–Crippen MR) is 67.5 cm³/mol. The molecule has 0 unspecified atom stereocenters. The van der Waals surface area contributed by atoms with Gasteiger partial charge in [-0.05, 0) is 6.07 Å². The summed E-state index contributed by atoms with van der Waals surface area (Å²) in [4.78, 5) is 31.7. The van der Waals surface area contributed by atoms with Gasteiger partial charge < -0.3 is 4.57 Å². The number of aryl methyl sites for hydroxylation is 1. The molecule has 0 N–H and O–H groups in total. The van der Waals surface area contributed by atoms with Crippen molar-refractivity contribution in [2.45, 2.75) is 0 Å². The van der Waals surface area contributed by atoms with Gasteiger partial charge in [-0.3, -0.25) is 25.0 Å². The summed E-state index contributed by atoms with van der Waals surface area (Å²) in [6, 6.07) is 3.62. The highest BCUT2D eigenvalue weighted by Crippen LogP contribution is 2.31. The molecule has 0 aliphatic heterocycles. The number of fused-ring (bicyclic) bond motifs is 1. The van der Waals surface area contributed by atoms with E-state index in [1.807, 2.05) is 0 Å². The smallest absolute Gasteiger partial charge is 0.305 e. The van der Waals surface area contributed by atoms with E-state index >= 15 is 0 Å². The van der Waals surface area contributed by atoms with Crippen molar-refractivity contribution in [3.05, 3.63) is 53.8 Å². The number of nitro benzene ring substituents is 1. The Balaban J connectivity index is 3.00. The van der Waals surface area contributed by atoms with Crippen molar-refractivity contribution >= 4 is 33.9 Å². The van der Waals surface area contributed by atoms with Crippen LogP contribution in [-0.4, -0.2) is 14.4 Å². The summed E-state index contributed by atoms with van der Waals surface area (Å²) in [7, 11) is 1.33. The molecule has 0 amide bonds. The fraction of sp³-hybridized carbons (Fsp3) is 0.100. The molecule has 2 aromatic rings. The number of pyridine rings is 1. The normalized spacial score (nSPS) is 10.6. The van der Waals surface area contributed by atoms with Crippen molar-refractivity contribution in [2.24, 2.45) is 7.05 Å². The molecule has 2 rings (SSSR count). The highest BCUT2D eigenvalue weighted by Gasteiger charge is 2.24. The number of halogens is 1. The topological polar surface area (TPSA) is 108 Å². The second kappa shape index (κ2) is 4.32. The van der Waals surface area contributed by atoms with Crippen LogP contribution in [0.15, 0.2) is 23.0 Å². The Morgan fingerprint density at radius 3 is 2.37 bits per heavy atom. The molecule has 98 valence electrons. The Labute approximate surface area is 110 Å². The van der Waals surface area contributed by atoms with Crippen molar-refractivity contribution in [3.63, 3.8) is 0 Å². The minimum Gasteiger partial charge on any atom is -0.305 e. The van der Waals surface area contributed by atoms with E-state index < -0.39 is 26.1 Å². The van der Waals surface area contributed by atoms with E-state index in [1.54, 1.807) is 0 Å². The number of hydrogen-bond acceptors (Lipinski definition) is 5. The van der Waals surface area contributed by atoms with Crippen molar-refractivity contribution < 1.29 is 9.85 Å². The van der Waals surface area contributed by atoms with Crippen LogP contribution >= 0.6 is 11.6 Å². The van der Waals surface area contributed by atoms with Crippen LogP contribution in [0.1, 0.15) is 0 Å². The number of nitro groups is 2. The Morgan fingerprint density at radius 2 is 1.84 bits per heavy atom. The third-order valence-corrected chi connectivity index (χ3v) is 3.07. The molecule has 0 radical (unpaired) electrons. The first-order valence-electron chi connectivity index (χ1n) is 4.95. The molecule has 19 heavy (non-hydrogen) atoms. The zero-order chi connectivity index (χ0) is 14.3. The van der Waals surface area contributed by atoms with Crippen molar-refractivity contribution in [3.8, 4) is 0 Å². The monoisotopic (exact) mass is 283 g/mol. The zero-order valence-electron chi connectivity index (χ0n) is 9.49. The minimum atomic E-state index is -0.900. The van der Waals surface area contributed by atoms with E-state index in [9.17, 15) is 25.0 Å². The summed E-state index contributed by atoms with van der Waals surface area (Å²) in [5.41, 5.74) is -1.64. The summed E-state index contributed by atoms with van der Waals surface area (Å²) < 4.78 is 1.03. The lowest BCUT2D eigenvalue weighted by Gasteiger charge is -2.06. The Bertz CT molecular complexity index is 783. The number of benzene rings is 1. The van der Waals surface area contributed by atoms with Crippen LogP contribution in [0.5, 0.6) is 0 Å². The summed E-state index contributed by atoms with van der Waals surface area (Å²) >= 11 is 5.81. The summed E-state index contributed by atoms with van der Waals surface area (Å²) in [5, 5.41) is 21.2. The van der Waals surface area contributed by atoms with Crippen LogP contribution in [0.2, 0.25) is 5.02 Å². The first kappa shape index (κ1) is 13.0. The van der Waals surface area contributed by atoms with Gasteiger partial charge in [-0.15, -0.1) is 0 Å². The summed E-state index contributed by atoms with van der Waals surface area (Å²) in [6.45, 7) is 0. The molecule has 1 aromatic heterocycles. The maximum absolute atomic E-state index is 11.8. The highest BCUT2D eigenvalue weighted by molar-refractivity contribution is 6.37. The maximum atomic E-state index is 11.8. The van der Waals surface area contributed by atoms with Crippen LogP contribution in [0.25, 0.3) is 10.9 Å². The van der Waals surface area contributed by atoms with Gasteiger partial charge in [0.25, 0.3) is 5.69 Å². The Morgan fingerprint density at radius 1 is 1.21 bits per heavy atom. The van der Waals surface area contributed by atoms with Crippen LogP contribution in [0.4, 0.5) is 11.4 Å². The van der Waals surface area contributed by atoms with Crippen LogP contribution in [0, 0.1) is 20.2 Å². The van der Waals surface area contributed by atoms with Gasteiger partial charge in [0.15, 0.2) is 0 Å². The molecule has 0 saturated heterocycles. The van der Waals surface area contributed by atoms with E-state index in [2.05, 4.69) is 0 Å². The third kappa shape index (κ3) is 1.91. The number of aromatic nitrogens is 1. The van der Waals surface area contributed by atoms with Gasteiger partial charge >= 0.3 is 11.2 Å². The molecule has 0 bridgehead atoms. The van der Waals surface area contributed by atoms with E-state index in [0.29, 0.717) is 0 Å². The lowest BCUT2D eigenvalue weighted by atomic mass is 10.2. The molecule has 1 heterocycles. The molecule has 0 atom stereocenters. The predicted octanol–water partition coefficient (Wildman–Crippen LogP) is 2.01. The van der Waals surface area contributed by atoms with E-state index in [4.69, 9.17) is 11.6 Å². The second-order valence-electron chi connectivity index (χ2n) is 3.74. The Hall–Kier alpha value is -2.48. The van der Waals surface area contributed by atoms with Crippen LogP contribution < -0.4 is 5.56 Å². The second-order valence-corrected chi connectivity index (χ2v) is 4.12. The van der Waals surface area contributed by atoms with Crippen molar-refractivity contribution in [1.29, 1.82) is 0 Å². The quantitative estimate of drug-likeness (QED) is 0.618. The number of nitrogens with zero attached hydrogens (tertiary/aromatic N) is 3. The average Bonchev–Trinajstić information content (AvgIpc) is 2.35. The number of rotatable bonds is 2. The number of non-ortho nitro benzene ring substituents is 1. The van der Waals surface area contributed by atoms with E-state index in [0.717, 1.165) is 10.6 Å². The minimum absolute atomic E-state index is 0.0877. The standard InChI is InChI=1S/C10H6ClN3O5/c1-12-7-3-2-5(13(16)17)4-6(7)8(11)9(10(12)15)14(18)19/h2-4H,1H3. The summed E-state index contributed by atoms with van der Waals surface area (Å²) in [6.07, 6.45) is 0. The molecule has 1 aromatic carbocycles. The maximum Gasteiger partial charge on any atom is 0.353 e. The molecule has 0 aliphatic carbocycles. The molecular weight excluding hydrogens is 278 g/mol. The molecule has 0 saturated carbocycles.